The fourth-order valence-corrected chi connectivity index (χ4v) is 3.81. The molecular formula is C24H27NO6. The third kappa shape index (κ3) is 4.14. The number of ether oxygens (including phenoxy) is 3. The van der Waals surface area contributed by atoms with Crippen molar-refractivity contribution in [3.05, 3.63) is 64.2 Å². The Morgan fingerprint density at radius 2 is 1.71 bits per heavy atom. The van der Waals surface area contributed by atoms with Crippen LogP contribution in [0.1, 0.15) is 28.3 Å². The Morgan fingerprint density at radius 1 is 1.00 bits per heavy atom. The Morgan fingerprint density at radius 3 is 2.35 bits per heavy atom. The van der Waals surface area contributed by atoms with Gasteiger partial charge >= 0.3 is 0 Å². The molecule has 1 saturated heterocycles. The van der Waals surface area contributed by atoms with Crippen LogP contribution in [0, 0.1) is 13.8 Å². The summed E-state index contributed by atoms with van der Waals surface area (Å²) < 4.78 is 15.9. The van der Waals surface area contributed by atoms with Gasteiger partial charge in [-0.3, -0.25) is 9.59 Å². The Labute approximate surface area is 181 Å². The maximum Gasteiger partial charge on any atom is 0.295 e. The molecule has 0 saturated carbocycles. The summed E-state index contributed by atoms with van der Waals surface area (Å²) in [5.74, 6) is -0.615. The van der Waals surface area contributed by atoms with Crippen molar-refractivity contribution in [1.82, 2.24) is 4.90 Å². The van der Waals surface area contributed by atoms with Crippen molar-refractivity contribution in [2.24, 2.45) is 0 Å². The lowest BCUT2D eigenvalue weighted by atomic mass is 9.93. The van der Waals surface area contributed by atoms with Crippen molar-refractivity contribution in [2.45, 2.75) is 19.9 Å². The number of hydrogen-bond acceptors (Lipinski definition) is 6. The fraction of sp³-hybridized carbons (Fsp3) is 0.333. The molecule has 0 spiro atoms. The van der Waals surface area contributed by atoms with Crippen molar-refractivity contribution >= 4 is 17.4 Å². The quantitative estimate of drug-likeness (QED) is 0.416. The van der Waals surface area contributed by atoms with Crippen LogP contribution < -0.4 is 9.47 Å². The van der Waals surface area contributed by atoms with Crippen LogP contribution in [0.15, 0.2) is 42.0 Å². The first-order valence-corrected chi connectivity index (χ1v) is 9.90. The van der Waals surface area contributed by atoms with Crippen LogP contribution in [0.3, 0.4) is 0 Å². The predicted octanol–water partition coefficient (Wildman–Crippen LogP) is 3.39. The van der Waals surface area contributed by atoms with Crippen LogP contribution in [-0.2, 0) is 14.3 Å². The summed E-state index contributed by atoms with van der Waals surface area (Å²) in [5, 5.41) is 11.2. The Kier molecular flexibility index (Phi) is 6.65. The largest absolute Gasteiger partial charge is 0.507 e. The molecule has 2 aromatic rings. The second-order valence-corrected chi connectivity index (χ2v) is 7.42. The molecule has 7 nitrogen and oxygen atoms in total. The third-order valence-electron chi connectivity index (χ3n) is 5.45. The topological polar surface area (TPSA) is 85.3 Å². The van der Waals surface area contributed by atoms with Crippen LogP contribution in [0.2, 0.25) is 0 Å². The number of amides is 1. The number of ketones is 1. The predicted molar refractivity (Wildman–Crippen MR) is 116 cm³/mol. The number of rotatable bonds is 7. The summed E-state index contributed by atoms with van der Waals surface area (Å²) in [6.45, 7) is 4.20. The first-order chi connectivity index (χ1) is 14.8. The minimum Gasteiger partial charge on any atom is -0.507 e. The summed E-state index contributed by atoms with van der Waals surface area (Å²) in [6, 6.07) is 10.0. The maximum atomic E-state index is 13.0. The van der Waals surface area contributed by atoms with Gasteiger partial charge in [-0.2, -0.15) is 0 Å². The number of methoxy groups -OCH3 is 3. The third-order valence-corrected chi connectivity index (χ3v) is 5.45. The smallest absolute Gasteiger partial charge is 0.295 e. The number of aliphatic hydroxyl groups is 1. The van der Waals surface area contributed by atoms with Gasteiger partial charge in [-0.15, -0.1) is 0 Å². The van der Waals surface area contributed by atoms with Crippen LogP contribution in [0.5, 0.6) is 11.5 Å². The number of carbonyl (C=O) groups excluding carboxylic acids is 2. The first-order valence-electron chi connectivity index (χ1n) is 9.90. The maximum absolute atomic E-state index is 13.0. The molecule has 31 heavy (non-hydrogen) atoms. The zero-order valence-corrected chi connectivity index (χ0v) is 18.4. The van der Waals surface area contributed by atoms with Crippen LogP contribution >= 0.6 is 0 Å². The minimum absolute atomic E-state index is 0.0435. The van der Waals surface area contributed by atoms with Gasteiger partial charge < -0.3 is 24.2 Å². The van der Waals surface area contributed by atoms with Gasteiger partial charge in [0.1, 0.15) is 5.76 Å². The van der Waals surface area contributed by atoms with E-state index in [1.54, 1.807) is 24.3 Å². The lowest BCUT2D eigenvalue weighted by molar-refractivity contribution is -0.140. The molecule has 2 aromatic carbocycles. The number of aryl methyl sites for hydroxylation is 2. The SMILES string of the molecule is COCCN1C(=O)C(=O)/C(=C(\O)c2cc(C)ccc2C)C1c1ccc(OC)c(OC)c1. The van der Waals surface area contributed by atoms with E-state index in [0.29, 0.717) is 22.6 Å². The Hall–Kier alpha value is -3.32. The van der Waals surface area contributed by atoms with Crippen molar-refractivity contribution < 1.29 is 28.9 Å². The molecular weight excluding hydrogens is 398 g/mol. The highest BCUT2D eigenvalue weighted by Crippen LogP contribution is 2.42. The molecule has 0 aromatic heterocycles. The molecule has 1 aliphatic rings. The number of benzene rings is 2. The van der Waals surface area contributed by atoms with E-state index in [1.165, 1.54) is 26.2 Å². The van der Waals surface area contributed by atoms with Crippen LogP contribution in [-0.4, -0.2) is 56.2 Å². The number of likely N-dealkylation sites (tertiary alicyclic amines) is 1. The zero-order chi connectivity index (χ0) is 22.7. The molecule has 0 aliphatic carbocycles. The summed E-state index contributed by atoms with van der Waals surface area (Å²) in [6.07, 6.45) is 0. The van der Waals surface area contributed by atoms with E-state index in [1.807, 2.05) is 26.0 Å². The highest BCUT2D eigenvalue weighted by molar-refractivity contribution is 6.46. The number of Topliss-reactive ketones (excluding diaryl/α,β-unsaturated/α-hetero) is 1. The van der Waals surface area contributed by atoms with Gasteiger partial charge in [0.2, 0.25) is 0 Å². The van der Waals surface area contributed by atoms with Gasteiger partial charge in [0.05, 0.1) is 32.4 Å². The molecule has 1 fully saturated rings. The monoisotopic (exact) mass is 425 g/mol. The van der Waals surface area contributed by atoms with E-state index < -0.39 is 17.7 Å². The van der Waals surface area contributed by atoms with Crippen molar-refractivity contribution in [3.63, 3.8) is 0 Å². The molecule has 1 atom stereocenters. The molecule has 1 amide bonds. The summed E-state index contributed by atoms with van der Waals surface area (Å²) in [5.41, 5.74) is 2.93. The fourth-order valence-electron chi connectivity index (χ4n) is 3.81. The van der Waals surface area contributed by atoms with Gasteiger partial charge in [0.15, 0.2) is 11.5 Å². The molecule has 164 valence electrons. The number of nitrogens with zero attached hydrogens (tertiary/aromatic N) is 1. The van der Waals surface area contributed by atoms with E-state index >= 15 is 0 Å². The molecule has 3 rings (SSSR count). The van der Waals surface area contributed by atoms with E-state index in [9.17, 15) is 14.7 Å². The molecule has 1 unspecified atom stereocenters. The first kappa shape index (κ1) is 22.4. The number of hydrogen-bond donors (Lipinski definition) is 1. The zero-order valence-electron chi connectivity index (χ0n) is 18.4. The van der Waals surface area contributed by atoms with Crippen LogP contribution in [0.25, 0.3) is 5.76 Å². The van der Waals surface area contributed by atoms with Crippen molar-refractivity contribution in [3.8, 4) is 11.5 Å². The molecule has 0 bridgehead atoms. The average Bonchev–Trinajstić information content (AvgIpc) is 3.03. The van der Waals surface area contributed by atoms with E-state index in [0.717, 1.165) is 11.1 Å². The molecule has 1 heterocycles. The summed E-state index contributed by atoms with van der Waals surface area (Å²) in [7, 11) is 4.57. The second-order valence-electron chi connectivity index (χ2n) is 7.42. The summed E-state index contributed by atoms with van der Waals surface area (Å²) >= 11 is 0. The molecule has 1 N–H and O–H groups in total. The lowest BCUT2D eigenvalue weighted by Crippen LogP contribution is -2.32. The second kappa shape index (κ2) is 9.22. The van der Waals surface area contributed by atoms with Gasteiger partial charge in [-0.1, -0.05) is 23.8 Å². The molecule has 1 aliphatic heterocycles. The number of aliphatic hydroxyl groups excluding tert-OH is 1. The van der Waals surface area contributed by atoms with Gasteiger partial charge in [0.25, 0.3) is 11.7 Å². The van der Waals surface area contributed by atoms with Gasteiger partial charge in [-0.05, 0) is 43.2 Å². The van der Waals surface area contributed by atoms with Crippen molar-refractivity contribution in [2.75, 3.05) is 34.5 Å². The standard InChI is InChI=1S/C24H27NO6/c1-14-6-7-15(2)17(12-14)22(26)20-21(25(10-11-29-3)24(28)23(20)27)16-8-9-18(30-4)19(13-16)31-5/h6-9,12-13,21,26H,10-11H2,1-5H3/b22-20-. The number of carbonyl (C=O) groups is 2. The Bertz CT molecular complexity index is 1040. The minimum atomic E-state index is -0.783. The average molecular weight is 425 g/mol. The van der Waals surface area contributed by atoms with Crippen molar-refractivity contribution in [1.29, 1.82) is 0 Å². The van der Waals surface area contributed by atoms with E-state index in [4.69, 9.17) is 14.2 Å². The highest BCUT2D eigenvalue weighted by atomic mass is 16.5. The normalized spacial score (nSPS) is 17.8. The van der Waals surface area contributed by atoms with E-state index in [2.05, 4.69) is 0 Å². The highest BCUT2D eigenvalue weighted by Gasteiger charge is 2.46. The Balaban J connectivity index is 2.24. The molecule has 0 radical (unpaired) electrons. The van der Waals surface area contributed by atoms with Gasteiger partial charge in [-0.25, -0.2) is 0 Å². The van der Waals surface area contributed by atoms with Crippen LogP contribution in [0.4, 0.5) is 0 Å². The van der Waals surface area contributed by atoms with Gasteiger partial charge in [0, 0.05) is 19.2 Å². The van der Waals surface area contributed by atoms with E-state index in [-0.39, 0.29) is 24.5 Å². The lowest BCUT2D eigenvalue weighted by Gasteiger charge is -2.25. The summed E-state index contributed by atoms with van der Waals surface area (Å²) in [4.78, 5) is 27.4. The molecule has 7 heteroatoms.